The van der Waals surface area contributed by atoms with E-state index in [1.807, 2.05) is 0 Å². The Morgan fingerprint density at radius 3 is 2.64 bits per heavy atom. The van der Waals surface area contributed by atoms with Gasteiger partial charge >= 0.3 is 0 Å². The Balaban J connectivity index is 2.56. The molecule has 22 heavy (non-hydrogen) atoms. The van der Waals surface area contributed by atoms with Crippen LogP contribution in [0, 0.1) is 0 Å². The SMILES string of the molecule is C/C=C/c1c(O)c(O)cc(CS(=O)(=O)c2cccs2)c1SC. The van der Waals surface area contributed by atoms with Crippen LogP contribution in [0.25, 0.3) is 6.08 Å². The molecule has 2 N–H and O–H groups in total. The molecule has 0 bridgehead atoms. The van der Waals surface area contributed by atoms with Crippen molar-refractivity contribution >= 4 is 39.0 Å². The van der Waals surface area contributed by atoms with Crippen LogP contribution in [-0.4, -0.2) is 24.9 Å². The summed E-state index contributed by atoms with van der Waals surface area (Å²) in [5, 5.41) is 21.6. The summed E-state index contributed by atoms with van der Waals surface area (Å²) in [5.74, 6) is -0.774. The molecule has 2 rings (SSSR count). The van der Waals surface area contributed by atoms with Crippen molar-refractivity contribution in [3.05, 3.63) is 40.8 Å². The molecule has 0 atom stereocenters. The summed E-state index contributed by atoms with van der Waals surface area (Å²) in [6, 6.07) is 4.57. The van der Waals surface area contributed by atoms with E-state index in [1.54, 1.807) is 42.8 Å². The van der Waals surface area contributed by atoms with Crippen LogP contribution in [0.3, 0.4) is 0 Å². The summed E-state index contributed by atoms with van der Waals surface area (Å²) in [4.78, 5) is 0.647. The van der Waals surface area contributed by atoms with Crippen molar-refractivity contribution in [3.63, 3.8) is 0 Å². The molecule has 0 radical (unpaired) electrons. The van der Waals surface area contributed by atoms with Crippen LogP contribution < -0.4 is 0 Å². The van der Waals surface area contributed by atoms with Gasteiger partial charge in [-0.1, -0.05) is 18.2 Å². The van der Waals surface area contributed by atoms with Crippen molar-refractivity contribution in [1.82, 2.24) is 0 Å². The van der Waals surface area contributed by atoms with Gasteiger partial charge in [0.15, 0.2) is 21.3 Å². The Labute approximate surface area is 138 Å². The number of hydrogen-bond donors (Lipinski definition) is 2. The Hall–Kier alpha value is -1.44. The molecule has 0 fully saturated rings. The van der Waals surface area contributed by atoms with Crippen molar-refractivity contribution < 1.29 is 18.6 Å². The van der Waals surface area contributed by atoms with Crippen LogP contribution in [0.2, 0.25) is 0 Å². The van der Waals surface area contributed by atoms with Gasteiger partial charge < -0.3 is 10.2 Å². The number of allylic oxidation sites excluding steroid dienone is 1. The van der Waals surface area contributed by atoms with Gasteiger partial charge in [0.2, 0.25) is 0 Å². The van der Waals surface area contributed by atoms with Gasteiger partial charge in [0.1, 0.15) is 4.21 Å². The van der Waals surface area contributed by atoms with Crippen LogP contribution in [-0.2, 0) is 15.6 Å². The van der Waals surface area contributed by atoms with E-state index in [0.717, 1.165) is 11.3 Å². The summed E-state index contributed by atoms with van der Waals surface area (Å²) in [6.07, 6.45) is 5.19. The number of phenolic OH excluding ortho intramolecular Hbond substituents is 2. The molecule has 0 aliphatic rings. The lowest BCUT2D eigenvalue weighted by molar-refractivity contribution is 0.401. The van der Waals surface area contributed by atoms with E-state index < -0.39 is 9.84 Å². The first-order valence-electron chi connectivity index (χ1n) is 6.41. The molecular formula is C15H16O4S3. The molecule has 0 amide bonds. The number of thioether (sulfide) groups is 1. The van der Waals surface area contributed by atoms with E-state index in [-0.39, 0.29) is 17.3 Å². The molecule has 1 heterocycles. The quantitative estimate of drug-likeness (QED) is 0.628. The average molecular weight is 356 g/mol. The predicted octanol–water partition coefficient (Wildman–Crippen LogP) is 3.89. The molecule has 0 aliphatic heterocycles. The lowest BCUT2D eigenvalue weighted by Gasteiger charge is -2.14. The highest BCUT2D eigenvalue weighted by Crippen LogP contribution is 2.40. The molecule has 118 valence electrons. The number of sulfone groups is 1. The number of thiophene rings is 1. The van der Waals surface area contributed by atoms with Crippen molar-refractivity contribution in [1.29, 1.82) is 0 Å². The van der Waals surface area contributed by atoms with Crippen molar-refractivity contribution in [2.24, 2.45) is 0 Å². The maximum absolute atomic E-state index is 12.4. The largest absolute Gasteiger partial charge is 0.504 e. The first-order chi connectivity index (χ1) is 10.4. The molecule has 0 saturated carbocycles. The van der Waals surface area contributed by atoms with Gasteiger partial charge in [-0.25, -0.2) is 8.42 Å². The highest BCUT2D eigenvalue weighted by atomic mass is 32.2. The number of aromatic hydroxyl groups is 2. The van der Waals surface area contributed by atoms with Crippen LogP contribution in [0.4, 0.5) is 0 Å². The molecule has 4 nitrogen and oxygen atoms in total. The third kappa shape index (κ3) is 3.31. The Morgan fingerprint density at radius 2 is 2.09 bits per heavy atom. The molecule has 0 spiro atoms. The fourth-order valence-electron chi connectivity index (χ4n) is 2.10. The zero-order valence-corrected chi connectivity index (χ0v) is 14.6. The molecule has 1 aromatic heterocycles. The maximum atomic E-state index is 12.4. The van der Waals surface area contributed by atoms with Gasteiger partial charge in [0.05, 0.1) is 5.75 Å². The minimum atomic E-state index is -3.48. The van der Waals surface area contributed by atoms with Crippen LogP contribution in [0.1, 0.15) is 18.1 Å². The number of rotatable bonds is 5. The van der Waals surface area contributed by atoms with Gasteiger partial charge in [0.25, 0.3) is 0 Å². The van der Waals surface area contributed by atoms with Crippen molar-refractivity contribution in [2.75, 3.05) is 6.26 Å². The number of benzene rings is 1. The zero-order chi connectivity index (χ0) is 16.3. The molecule has 0 saturated heterocycles. The van der Waals surface area contributed by atoms with E-state index in [4.69, 9.17) is 0 Å². The summed E-state index contributed by atoms with van der Waals surface area (Å²) >= 11 is 2.50. The number of hydrogen-bond acceptors (Lipinski definition) is 6. The van der Waals surface area contributed by atoms with Gasteiger partial charge in [-0.3, -0.25) is 0 Å². The van der Waals surface area contributed by atoms with Crippen LogP contribution in [0.15, 0.2) is 38.8 Å². The molecular weight excluding hydrogens is 340 g/mol. The van der Waals surface area contributed by atoms with E-state index in [9.17, 15) is 18.6 Å². The van der Waals surface area contributed by atoms with Crippen LogP contribution in [0.5, 0.6) is 11.5 Å². The molecule has 7 heteroatoms. The second-order valence-electron chi connectivity index (χ2n) is 4.54. The van der Waals surface area contributed by atoms with Gasteiger partial charge in [-0.15, -0.1) is 23.1 Å². The minimum absolute atomic E-state index is 0.220. The fraction of sp³-hybridized carbons (Fsp3) is 0.200. The third-order valence-corrected chi connectivity index (χ3v) is 7.07. The summed E-state index contributed by atoms with van der Waals surface area (Å²) in [5.41, 5.74) is 0.913. The Kier molecular flexibility index (Phi) is 5.20. The second kappa shape index (κ2) is 6.76. The Morgan fingerprint density at radius 1 is 1.36 bits per heavy atom. The van der Waals surface area contributed by atoms with Crippen molar-refractivity contribution in [3.8, 4) is 11.5 Å². The summed E-state index contributed by atoms with van der Waals surface area (Å²) in [6.45, 7) is 1.79. The highest BCUT2D eigenvalue weighted by Gasteiger charge is 2.22. The zero-order valence-electron chi connectivity index (χ0n) is 12.1. The minimum Gasteiger partial charge on any atom is -0.504 e. The first-order valence-corrected chi connectivity index (χ1v) is 10.2. The number of phenols is 2. The monoisotopic (exact) mass is 356 g/mol. The molecule has 2 aromatic rings. The first kappa shape index (κ1) is 16.9. The van der Waals surface area contributed by atoms with Crippen LogP contribution >= 0.6 is 23.1 Å². The molecule has 0 unspecified atom stereocenters. The van der Waals surface area contributed by atoms with E-state index in [1.165, 1.54) is 17.8 Å². The smallest absolute Gasteiger partial charge is 0.191 e. The highest BCUT2D eigenvalue weighted by molar-refractivity contribution is 7.98. The van der Waals surface area contributed by atoms with Gasteiger partial charge in [-0.2, -0.15) is 0 Å². The standard InChI is InChI=1S/C15H16O4S3/c1-3-5-11-14(17)12(16)8-10(15(11)20-2)9-22(18,19)13-6-4-7-21-13/h3-8,16-17H,9H2,1-2H3/b5-3+. The third-order valence-electron chi connectivity index (χ3n) is 3.03. The van der Waals surface area contributed by atoms with Gasteiger partial charge in [0, 0.05) is 10.5 Å². The summed E-state index contributed by atoms with van der Waals surface area (Å²) in [7, 11) is -3.48. The van der Waals surface area contributed by atoms with E-state index >= 15 is 0 Å². The normalized spacial score (nSPS) is 12.1. The summed E-state index contributed by atoms with van der Waals surface area (Å²) < 4.78 is 25.2. The average Bonchev–Trinajstić information content (AvgIpc) is 2.99. The second-order valence-corrected chi connectivity index (χ2v) is 8.52. The predicted molar refractivity (Wildman–Crippen MR) is 91.5 cm³/mol. The fourth-order valence-corrected chi connectivity index (χ4v) is 5.42. The van der Waals surface area contributed by atoms with E-state index in [0.29, 0.717) is 20.2 Å². The lowest BCUT2D eigenvalue weighted by atomic mass is 10.1. The Bertz CT molecular complexity index is 791. The molecule has 1 aromatic carbocycles. The molecule has 0 aliphatic carbocycles. The van der Waals surface area contributed by atoms with E-state index in [2.05, 4.69) is 0 Å². The topological polar surface area (TPSA) is 74.6 Å². The van der Waals surface area contributed by atoms with Crippen molar-refractivity contribution in [2.45, 2.75) is 21.8 Å². The van der Waals surface area contributed by atoms with Gasteiger partial charge in [-0.05, 0) is 36.3 Å². The lowest BCUT2D eigenvalue weighted by Crippen LogP contribution is -2.05. The maximum Gasteiger partial charge on any atom is 0.191 e.